The van der Waals surface area contributed by atoms with Gasteiger partial charge in [-0.3, -0.25) is 4.98 Å². The second-order valence-corrected chi connectivity index (χ2v) is 5.64. The number of benzene rings is 1. The van der Waals surface area contributed by atoms with Crippen molar-refractivity contribution in [2.45, 2.75) is 12.1 Å². The van der Waals surface area contributed by atoms with Gasteiger partial charge in [0.2, 0.25) is 0 Å². The second-order valence-electron chi connectivity index (χ2n) is 4.87. The van der Waals surface area contributed by atoms with Gasteiger partial charge in [0.05, 0.1) is 23.1 Å². The number of nitrogens with one attached hydrogen (secondary N) is 1. The van der Waals surface area contributed by atoms with Crippen LogP contribution in [0, 0.1) is 6.92 Å². The van der Waals surface area contributed by atoms with Crippen LogP contribution in [0.5, 0.6) is 0 Å². The van der Waals surface area contributed by atoms with Crippen LogP contribution in [0.15, 0.2) is 41.7 Å². The van der Waals surface area contributed by atoms with Crippen molar-refractivity contribution >= 4 is 40.1 Å². The summed E-state index contributed by atoms with van der Waals surface area (Å²) >= 11 is 1.36. The molecule has 7 heteroatoms. The highest BCUT2D eigenvalue weighted by Gasteiger charge is 2.18. The van der Waals surface area contributed by atoms with E-state index in [9.17, 15) is 9.90 Å². The van der Waals surface area contributed by atoms with Crippen LogP contribution < -0.4 is 5.32 Å². The zero-order chi connectivity index (χ0) is 16.4. The Kier molecular flexibility index (Phi) is 4.12. The molecule has 0 aliphatic heterocycles. The van der Waals surface area contributed by atoms with Gasteiger partial charge in [0, 0.05) is 5.39 Å². The number of pyridine rings is 1. The maximum absolute atomic E-state index is 11.5. The lowest BCUT2D eigenvalue weighted by atomic mass is 10.2. The Morgan fingerprint density at radius 3 is 2.78 bits per heavy atom. The first-order valence-corrected chi connectivity index (χ1v) is 8.08. The molecule has 116 valence electrons. The van der Waals surface area contributed by atoms with Gasteiger partial charge < -0.3 is 10.4 Å². The molecule has 0 aliphatic rings. The molecule has 3 aromatic rings. The molecule has 0 saturated carbocycles. The van der Waals surface area contributed by atoms with Gasteiger partial charge in [0.1, 0.15) is 11.4 Å². The summed E-state index contributed by atoms with van der Waals surface area (Å²) in [5.41, 5.74) is 2.04. The number of thioether (sulfide) groups is 1. The van der Waals surface area contributed by atoms with Gasteiger partial charge >= 0.3 is 5.97 Å². The Labute approximate surface area is 137 Å². The molecule has 2 N–H and O–H groups in total. The number of carbonyl (C=O) groups is 1. The van der Waals surface area contributed by atoms with E-state index in [2.05, 4.69) is 20.3 Å². The van der Waals surface area contributed by atoms with Gasteiger partial charge in [-0.05, 0) is 25.3 Å². The smallest absolute Gasteiger partial charge is 0.341 e. The second kappa shape index (κ2) is 6.21. The molecule has 3 rings (SSSR count). The Hall–Kier alpha value is -2.67. The molecule has 0 bridgehead atoms. The summed E-state index contributed by atoms with van der Waals surface area (Å²) in [7, 11) is 0. The monoisotopic (exact) mass is 326 g/mol. The van der Waals surface area contributed by atoms with Gasteiger partial charge in [-0.2, -0.15) is 0 Å². The average molecular weight is 326 g/mol. The first-order chi connectivity index (χ1) is 11.1. The van der Waals surface area contributed by atoms with E-state index in [0.717, 1.165) is 10.9 Å². The largest absolute Gasteiger partial charge is 0.477 e. The van der Waals surface area contributed by atoms with E-state index in [0.29, 0.717) is 16.5 Å². The molecule has 23 heavy (non-hydrogen) atoms. The van der Waals surface area contributed by atoms with Crippen LogP contribution in [0.2, 0.25) is 0 Å². The third-order valence-electron chi connectivity index (χ3n) is 3.32. The standard InChI is InChI=1S/C16H14N4O2S/c1-9-13(15(21)22)14(20-16(18-9)23-2)19-11-7-10-5-3-4-6-12(10)17-8-11/h3-8H,1-2H3,(H,21,22)(H,18,19,20). The number of aromatic nitrogens is 3. The van der Waals surface area contributed by atoms with Crippen molar-refractivity contribution in [3.05, 3.63) is 47.8 Å². The van der Waals surface area contributed by atoms with Gasteiger partial charge in [-0.15, -0.1) is 0 Å². The fourth-order valence-corrected chi connectivity index (χ4v) is 2.67. The molecule has 0 saturated heterocycles. The maximum Gasteiger partial charge on any atom is 0.341 e. The normalized spacial score (nSPS) is 10.7. The Morgan fingerprint density at radius 1 is 1.26 bits per heavy atom. The van der Waals surface area contributed by atoms with Crippen LogP contribution in [0.4, 0.5) is 11.5 Å². The molecule has 2 heterocycles. The third kappa shape index (κ3) is 3.09. The van der Waals surface area contributed by atoms with Gasteiger partial charge in [0.25, 0.3) is 0 Å². The number of carboxylic acids is 1. The van der Waals surface area contributed by atoms with Crippen LogP contribution in [-0.4, -0.2) is 32.3 Å². The molecular weight excluding hydrogens is 312 g/mol. The lowest BCUT2D eigenvalue weighted by Crippen LogP contribution is -2.10. The SMILES string of the molecule is CSc1nc(C)c(C(=O)O)c(Nc2cnc3ccccc3c2)n1. The summed E-state index contributed by atoms with van der Waals surface area (Å²) in [6, 6.07) is 9.62. The number of para-hydroxylation sites is 1. The molecule has 6 nitrogen and oxygen atoms in total. The van der Waals surface area contributed by atoms with Gasteiger partial charge in [-0.25, -0.2) is 14.8 Å². The summed E-state index contributed by atoms with van der Waals surface area (Å²) in [6.07, 6.45) is 3.50. The fraction of sp³-hybridized carbons (Fsp3) is 0.125. The van der Waals surface area contributed by atoms with Crippen LogP contribution >= 0.6 is 11.8 Å². The van der Waals surface area contributed by atoms with Crippen molar-refractivity contribution < 1.29 is 9.90 Å². The van der Waals surface area contributed by atoms with E-state index in [1.165, 1.54) is 11.8 Å². The van der Waals surface area contributed by atoms with Crippen molar-refractivity contribution in [3.63, 3.8) is 0 Å². The first kappa shape index (κ1) is 15.2. The molecule has 0 amide bonds. The van der Waals surface area contributed by atoms with Crippen LogP contribution in [0.1, 0.15) is 16.1 Å². The average Bonchev–Trinajstić information content (AvgIpc) is 2.53. The van der Waals surface area contributed by atoms with E-state index < -0.39 is 5.97 Å². The maximum atomic E-state index is 11.5. The number of hydrogen-bond acceptors (Lipinski definition) is 6. The van der Waals surface area contributed by atoms with Crippen molar-refractivity contribution in [3.8, 4) is 0 Å². The number of nitrogens with zero attached hydrogens (tertiary/aromatic N) is 3. The highest BCUT2D eigenvalue weighted by molar-refractivity contribution is 7.98. The number of aromatic carboxylic acids is 1. The zero-order valence-electron chi connectivity index (χ0n) is 12.6. The molecule has 0 atom stereocenters. The van der Waals surface area contributed by atoms with Crippen molar-refractivity contribution in [1.29, 1.82) is 0 Å². The van der Waals surface area contributed by atoms with E-state index in [4.69, 9.17) is 0 Å². The van der Waals surface area contributed by atoms with Crippen LogP contribution in [-0.2, 0) is 0 Å². The predicted molar refractivity (Wildman–Crippen MR) is 90.5 cm³/mol. The lowest BCUT2D eigenvalue weighted by Gasteiger charge is -2.12. The quantitative estimate of drug-likeness (QED) is 0.560. The summed E-state index contributed by atoms with van der Waals surface area (Å²) in [6.45, 7) is 1.66. The van der Waals surface area contributed by atoms with E-state index in [1.807, 2.05) is 36.6 Å². The molecule has 0 spiro atoms. The molecule has 0 fully saturated rings. The Bertz CT molecular complexity index is 898. The molecule has 0 radical (unpaired) electrons. The minimum atomic E-state index is -1.06. The third-order valence-corrected chi connectivity index (χ3v) is 3.87. The summed E-state index contributed by atoms with van der Waals surface area (Å²) in [4.78, 5) is 24.3. The Morgan fingerprint density at radius 2 is 2.04 bits per heavy atom. The zero-order valence-corrected chi connectivity index (χ0v) is 13.4. The number of anilines is 2. The number of fused-ring (bicyclic) bond motifs is 1. The Balaban J connectivity index is 2.06. The van der Waals surface area contributed by atoms with E-state index >= 15 is 0 Å². The van der Waals surface area contributed by atoms with Crippen molar-refractivity contribution in [2.75, 3.05) is 11.6 Å². The molecule has 1 aromatic carbocycles. The van der Waals surface area contributed by atoms with Crippen molar-refractivity contribution in [2.24, 2.45) is 0 Å². The highest BCUT2D eigenvalue weighted by atomic mass is 32.2. The minimum absolute atomic E-state index is 0.0657. The first-order valence-electron chi connectivity index (χ1n) is 6.86. The fourth-order valence-electron chi connectivity index (χ4n) is 2.26. The van der Waals surface area contributed by atoms with Crippen molar-refractivity contribution in [1.82, 2.24) is 15.0 Å². The number of rotatable bonds is 4. The van der Waals surface area contributed by atoms with Crippen LogP contribution in [0.25, 0.3) is 10.9 Å². The number of aryl methyl sites for hydroxylation is 1. The molecular formula is C16H14N4O2S. The lowest BCUT2D eigenvalue weighted by molar-refractivity contribution is 0.0696. The molecule has 0 aliphatic carbocycles. The molecule has 2 aromatic heterocycles. The van der Waals surface area contributed by atoms with Gasteiger partial charge in [-0.1, -0.05) is 30.0 Å². The molecule has 0 unspecified atom stereocenters. The van der Waals surface area contributed by atoms with E-state index in [-0.39, 0.29) is 11.4 Å². The van der Waals surface area contributed by atoms with E-state index in [1.54, 1.807) is 13.1 Å². The topological polar surface area (TPSA) is 88.0 Å². The number of carboxylic acid groups (broad SMARTS) is 1. The predicted octanol–water partition coefficient (Wildman–Crippen LogP) is 3.50. The highest BCUT2D eigenvalue weighted by Crippen LogP contribution is 2.25. The summed E-state index contributed by atoms with van der Waals surface area (Å²) in [5, 5.41) is 14.0. The number of hydrogen-bond donors (Lipinski definition) is 2. The minimum Gasteiger partial charge on any atom is -0.477 e. The van der Waals surface area contributed by atoms with Crippen LogP contribution in [0.3, 0.4) is 0 Å². The summed E-state index contributed by atoms with van der Waals surface area (Å²) in [5.74, 6) is -0.794. The van der Waals surface area contributed by atoms with Gasteiger partial charge in [0.15, 0.2) is 5.16 Å². The summed E-state index contributed by atoms with van der Waals surface area (Å²) < 4.78 is 0.